The van der Waals surface area contributed by atoms with Crippen molar-refractivity contribution in [3.05, 3.63) is 0 Å². The number of nitrogens with two attached hydrogens (primary N) is 1. The van der Waals surface area contributed by atoms with E-state index < -0.39 is 23.1 Å². The monoisotopic (exact) mass is 301 g/mol. The molecule has 0 unspecified atom stereocenters. The minimum Gasteiger partial charge on any atom is -0.481 e. The minimum atomic E-state index is -1.28. The normalized spacial score (nSPS) is 18.4. The fourth-order valence-electron chi connectivity index (χ4n) is 3.37. The molecule has 0 atom stereocenters. The van der Waals surface area contributed by atoms with Gasteiger partial charge in [-0.25, -0.2) is 0 Å². The molecule has 0 saturated heterocycles. The molecule has 122 valence electrons. The maximum atomic E-state index is 12.0. The predicted molar refractivity (Wildman–Crippen MR) is 77.6 cm³/mol. The fraction of sp³-hybridized carbons (Fsp3) is 0.867. The largest absolute Gasteiger partial charge is 0.481 e. The van der Waals surface area contributed by atoms with Gasteiger partial charge in [0.25, 0.3) is 0 Å². The van der Waals surface area contributed by atoms with Gasteiger partial charge in [0.15, 0.2) is 5.79 Å². The summed E-state index contributed by atoms with van der Waals surface area (Å²) in [6, 6.07) is 0. The molecule has 0 heterocycles. The van der Waals surface area contributed by atoms with Crippen molar-refractivity contribution in [2.24, 2.45) is 11.1 Å². The van der Waals surface area contributed by atoms with Gasteiger partial charge in [-0.2, -0.15) is 0 Å². The highest BCUT2D eigenvalue weighted by atomic mass is 16.7. The first kappa shape index (κ1) is 17.9. The van der Waals surface area contributed by atoms with Crippen LogP contribution in [0.25, 0.3) is 0 Å². The Morgan fingerprint density at radius 1 is 1.14 bits per heavy atom. The number of hydrogen-bond donors (Lipinski definition) is 2. The quantitative estimate of drug-likeness (QED) is 0.635. The van der Waals surface area contributed by atoms with E-state index in [-0.39, 0.29) is 12.8 Å². The van der Waals surface area contributed by atoms with E-state index in [2.05, 4.69) is 0 Å². The summed E-state index contributed by atoms with van der Waals surface area (Å²) in [4.78, 5) is 23.2. The second kappa shape index (κ2) is 7.75. The van der Waals surface area contributed by atoms with Crippen molar-refractivity contribution in [3.63, 3.8) is 0 Å². The Morgan fingerprint density at radius 2 is 1.67 bits per heavy atom. The van der Waals surface area contributed by atoms with Crippen LogP contribution in [0, 0.1) is 5.41 Å². The lowest BCUT2D eigenvalue weighted by molar-refractivity contribution is -0.303. The number of carbonyl (C=O) groups excluding carboxylic acids is 1. The lowest BCUT2D eigenvalue weighted by Gasteiger charge is -2.48. The molecule has 0 radical (unpaired) electrons. The van der Waals surface area contributed by atoms with Crippen molar-refractivity contribution in [2.45, 2.75) is 64.6 Å². The number of carbonyl (C=O) groups is 2. The number of carboxylic acids is 1. The lowest BCUT2D eigenvalue weighted by Crippen LogP contribution is -2.58. The van der Waals surface area contributed by atoms with E-state index >= 15 is 0 Å². The molecule has 0 spiro atoms. The SMILES string of the molecule is CCOC(CCC(N)=O)(OCC)C1(C(=O)O)CCCCC1. The zero-order valence-electron chi connectivity index (χ0n) is 13.0. The molecule has 1 aliphatic carbocycles. The fourth-order valence-corrected chi connectivity index (χ4v) is 3.37. The first-order chi connectivity index (χ1) is 9.94. The highest BCUT2D eigenvalue weighted by Gasteiger charge is 2.58. The number of primary amides is 1. The van der Waals surface area contributed by atoms with Gasteiger partial charge in [-0.3, -0.25) is 9.59 Å². The second-order valence-electron chi connectivity index (χ2n) is 5.53. The number of rotatable bonds is 9. The molecular weight excluding hydrogens is 274 g/mol. The Balaban J connectivity index is 3.20. The molecule has 6 heteroatoms. The van der Waals surface area contributed by atoms with Gasteiger partial charge in [0, 0.05) is 26.1 Å². The molecule has 1 amide bonds. The maximum absolute atomic E-state index is 12.0. The van der Waals surface area contributed by atoms with Crippen LogP contribution in [-0.4, -0.2) is 36.0 Å². The first-order valence-corrected chi connectivity index (χ1v) is 7.73. The van der Waals surface area contributed by atoms with Gasteiger partial charge in [0.2, 0.25) is 5.91 Å². The summed E-state index contributed by atoms with van der Waals surface area (Å²) in [7, 11) is 0. The third-order valence-electron chi connectivity index (χ3n) is 4.30. The Bertz CT molecular complexity index is 357. The summed E-state index contributed by atoms with van der Waals surface area (Å²) < 4.78 is 11.6. The Morgan fingerprint density at radius 3 is 2.05 bits per heavy atom. The van der Waals surface area contributed by atoms with Crippen LogP contribution in [0.3, 0.4) is 0 Å². The molecule has 0 aromatic carbocycles. The van der Waals surface area contributed by atoms with Crippen molar-refractivity contribution in [2.75, 3.05) is 13.2 Å². The van der Waals surface area contributed by atoms with Crippen LogP contribution in [-0.2, 0) is 19.1 Å². The molecule has 0 aromatic heterocycles. The molecule has 1 saturated carbocycles. The zero-order chi connectivity index (χ0) is 15.9. The predicted octanol–water partition coefficient (Wildman–Crippen LogP) is 2.06. The summed E-state index contributed by atoms with van der Waals surface area (Å²) >= 11 is 0. The second-order valence-corrected chi connectivity index (χ2v) is 5.53. The molecule has 6 nitrogen and oxygen atoms in total. The molecule has 1 aliphatic rings. The van der Waals surface area contributed by atoms with E-state index in [1.165, 1.54) is 0 Å². The van der Waals surface area contributed by atoms with Crippen molar-refractivity contribution in [3.8, 4) is 0 Å². The van der Waals surface area contributed by atoms with Gasteiger partial charge >= 0.3 is 5.97 Å². The van der Waals surface area contributed by atoms with Crippen LogP contribution in [0.4, 0.5) is 0 Å². The summed E-state index contributed by atoms with van der Waals surface area (Å²) in [6.45, 7) is 4.26. The highest BCUT2D eigenvalue weighted by Crippen LogP contribution is 2.50. The summed E-state index contributed by atoms with van der Waals surface area (Å²) in [5.74, 6) is -2.67. The first-order valence-electron chi connectivity index (χ1n) is 7.73. The van der Waals surface area contributed by atoms with Crippen molar-refractivity contribution in [1.82, 2.24) is 0 Å². The number of ether oxygens (including phenoxy) is 2. The molecule has 1 fully saturated rings. The smallest absolute Gasteiger partial charge is 0.315 e. The van der Waals surface area contributed by atoms with Crippen LogP contribution in [0.2, 0.25) is 0 Å². The third-order valence-corrected chi connectivity index (χ3v) is 4.30. The van der Waals surface area contributed by atoms with Crippen LogP contribution >= 0.6 is 0 Å². The van der Waals surface area contributed by atoms with Gasteiger partial charge in [0.05, 0.1) is 0 Å². The van der Waals surface area contributed by atoms with Gasteiger partial charge in [0.1, 0.15) is 5.41 Å². The lowest BCUT2D eigenvalue weighted by atomic mass is 9.66. The topological polar surface area (TPSA) is 98.9 Å². The van der Waals surface area contributed by atoms with E-state index in [1.807, 2.05) is 0 Å². The number of hydrogen-bond acceptors (Lipinski definition) is 4. The maximum Gasteiger partial charge on any atom is 0.315 e. The van der Waals surface area contributed by atoms with E-state index in [0.29, 0.717) is 26.1 Å². The van der Waals surface area contributed by atoms with Crippen LogP contribution in [0.5, 0.6) is 0 Å². The number of aliphatic carboxylic acids is 1. The van der Waals surface area contributed by atoms with Crippen molar-refractivity contribution < 1.29 is 24.2 Å². The molecule has 0 aromatic rings. The van der Waals surface area contributed by atoms with Gasteiger partial charge in [-0.15, -0.1) is 0 Å². The van der Waals surface area contributed by atoms with E-state index in [1.54, 1.807) is 13.8 Å². The number of carboxylic acid groups (broad SMARTS) is 1. The van der Waals surface area contributed by atoms with E-state index in [4.69, 9.17) is 15.2 Å². The average molecular weight is 301 g/mol. The molecule has 21 heavy (non-hydrogen) atoms. The van der Waals surface area contributed by atoms with Gasteiger partial charge < -0.3 is 20.3 Å². The zero-order valence-corrected chi connectivity index (χ0v) is 13.0. The van der Waals surface area contributed by atoms with Gasteiger partial charge in [-0.05, 0) is 26.7 Å². The number of amides is 1. The van der Waals surface area contributed by atoms with Gasteiger partial charge in [-0.1, -0.05) is 19.3 Å². The standard InChI is InChI=1S/C15H27NO5/c1-3-20-15(21-4-2,11-8-12(16)17)14(13(18)19)9-6-5-7-10-14/h3-11H2,1-2H3,(H2,16,17)(H,18,19). The summed E-state index contributed by atoms with van der Waals surface area (Å²) in [6.07, 6.45) is 3.89. The van der Waals surface area contributed by atoms with Crippen molar-refractivity contribution >= 4 is 11.9 Å². The average Bonchev–Trinajstić information content (AvgIpc) is 2.45. The van der Waals surface area contributed by atoms with E-state index in [0.717, 1.165) is 19.3 Å². The molecule has 0 bridgehead atoms. The molecular formula is C15H27NO5. The molecule has 1 rings (SSSR count). The highest BCUT2D eigenvalue weighted by molar-refractivity contribution is 5.77. The van der Waals surface area contributed by atoms with Crippen LogP contribution < -0.4 is 5.73 Å². The minimum absolute atomic E-state index is 0.0506. The molecule has 3 N–H and O–H groups in total. The van der Waals surface area contributed by atoms with Crippen LogP contribution in [0.15, 0.2) is 0 Å². The Kier molecular flexibility index (Phi) is 6.61. The van der Waals surface area contributed by atoms with E-state index in [9.17, 15) is 14.7 Å². The third kappa shape index (κ3) is 3.74. The summed E-state index contributed by atoms with van der Waals surface area (Å²) in [5.41, 5.74) is 4.14. The van der Waals surface area contributed by atoms with Crippen LogP contribution in [0.1, 0.15) is 58.8 Å². The summed E-state index contributed by atoms with van der Waals surface area (Å²) in [5, 5.41) is 9.87. The Hall–Kier alpha value is -1.14. The van der Waals surface area contributed by atoms with Crippen molar-refractivity contribution in [1.29, 1.82) is 0 Å². The molecule has 0 aliphatic heterocycles. The Labute approximate surface area is 126 Å².